The number of benzene rings is 1. The SMILES string of the molecule is [2H]C([2H])(c1ccc(O)c(O)c1)[C@@]([2H])(N)COC(=O)CC. The number of ether oxygens (including phenoxy) is 1. The lowest BCUT2D eigenvalue weighted by molar-refractivity contribution is -0.143. The summed E-state index contributed by atoms with van der Waals surface area (Å²) in [4.78, 5) is 11.1. The zero-order chi connectivity index (χ0) is 15.6. The Morgan fingerprint density at radius 2 is 2.29 bits per heavy atom. The Kier molecular flexibility index (Phi) is 3.34. The molecule has 1 aromatic rings. The molecule has 5 heteroatoms. The average molecular weight is 242 g/mol. The molecular formula is C12H17NO4. The predicted octanol–water partition coefficient (Wildman–Crippen LogP) is 0.921. The van der Waals surface area contributed by atoms with Crippen LogP contribution in [0.4, 0.5) is 0 Å². The number of esters is 1. The minimum atomic E-state index is -2.40. The van der Waals surface area contributed by atoms with Crippen LogP contribution in [0.1, 0.15) is 23.0 Å². The minimum Gasteiger partial charge on any atom is -0.504 e. The Hall–Kier alpha value is -1.75. The molecule has 0 aliphatic carbocycles. The van der Waals surface area contributed by atoms with Gasteiger partial charge in [-0.3, -0.25) is 4.79 Å². The highest BCUT2D eigenvalue weighted by Crippen LogP contribution is 2.25. The summed E-state index contributed by atoms with van der Waals surface area (Å²) < 4.78 is 28.4. The summed E-state index contributed by atoms with van der Waals surface area (Å²) in [5.41, 5.74) is 5.49. The lowest BCUT2D eigenvalue weighted by Gasteiger charge is -2.12. The van der Waals surface area contributed by atoms with Crippen LogP contribution in [0.5, 0.6) is 11.5 Å². The van der Waals surface area contributed by atoms with Gasteiger partial charge in [0.2, 0.25) is 0 Å². The first kappa shape index (κ1) is 9.30. The van der Waals surface area contributed by atoms with E-state index in [4.69, 9.17) is 14.6 Å². The molecule has 5 nitrogen and oxygen atoms in total. The molecule has 0 amide bonds. The fourth-order valence-electron chi connectivity index (χ4n) is 1.08. The summed E-state index contributed by atoms with van der Waals surface area (Å²) in [5.74, 6) is -1.52. The van der Waals surface area contributed by atoms with Crippen molar-refractivity contribution in [1.82, 2.24) is 0 Å². The molecule has 0 saturated carbocycles. The lowest BCUT2D eigenvalue weighted by Crippen LogP contribution is -2.29. The summed E-state index contributed by atoms with van der Waals surface area (Å²) in [5, 5.41) is 18.6. The molecule has 0 saturated heterocycles. The predicted molar refractivity (Wildman–Crippen MR) is 62.7 cm³/mol. The van der Waals surface area contributed by atoms with E-state index in [-0.39, 0.29) is 12.0 Å². The maximum Gasteiger partial charge on any atom is 0.305 e. The molecule has 0 heterocycles. The van der Waals surface area contributed by atoms with Crippen LogP contribution in [-0.4, -0.2) is 28.8 Å². The van der Waals surface area contributed by atoms with E-state index in [1.165, 1.54) is 6.07 Å². The number of aromatic hydroxyl groups is 2. The zero-order valence-electron chi connectivity index (χ0n) is 12.4. The smallest absolute Gasteiger partial charge is 0.305 e. The van der Waals surface area contributed by atoms with E-state index in [0.717, 1.165) is 12.1 Å². The van der Waals surface area contributed by atoms with Crippen LogP contribution in [0.3, 0.4) is 0 Å². The Balaban J connectivity index is 3.00. The van der Waals surface area contributed by atoms with E-state index >= 15 is 0 Å². The van der Waals surface area contributed by atoms with Gasteiger partial charge in [-0.1, -0.05) is 13.0 Å². The maximum atomic E-state index is 11.1. The lowest BCUT2D eigenvalue weighted by atomic mass is 10.1. The third kappa shape index (κ3) is 4.32. The highest BCUT2D eigenvalue weighted by Gasteiger charge is 2.09. The Morgan fingerprint density at radius 1 is 1.59 bits per heavy atom. The van der Waals surface area contributed by atoms with Gasteiger partial charge in [0.1, 0.15) is 6.61 Å². The number of carbonyl (C=O) groups is 1. The number of hydrogen-bond acceptors (Lipinski definition) is 5. The molecule has 0 aromatic heterocycles. The van der Waals surface area contributed by atoms with Crippen LogP contribution in [0, 0.1) is 0 Å². The molecule has 1 atom stereocenters. The van der Waals surface area contributed by atoms with Gasteiger partial charge in [0.05, 0.1) is 1.37 Å². The van der Waals surface area contributed by atoms with Crippen LogP contribution in [0.2, 0.25) is 0 Å². The molecule has 0 fully saturated rings. The van der Waals surface area contributed by atoms with E-state index in [1.54, 1.807) is 6.92 Å². The second kappa shape index (κ2) is 6.10. The van der Waals surface area contributed by atoms with Crippen molar-refractivity contribution in [3.05, 3.63) is 23.8 Å². The number of hydrogen-bond donors (Lipinski definition) is 3. The van der Waals surface area contributed by atoms with Crippen molar-refractivity contribution in [2.24, 2.45) is 5.73 Å². The molecule has 0 spiro atoms. The first-order valence-electron chi connectivity index (χ1n) is 6.59. The van der Waals surface area contributed by atoms with Gasteiger partial charge in [0.25, 0.3) is 0 Å². The second-order valence-electron chi connectivity index (χ2n) is 3.37. The van der Waals surface area contributed by atoms with Gasteiger partial charge in [0, 0.05) is 15.2 Å². The quantitative estimate of drug-likeness (QED) is 0.527. The Labute approximate surface area is 104 Å². The highest BCUT2D eigenvalue weighted by atomic mass is 16.5. The molecule has 94 valence electrons. The largest absolute Gasteiger partial charge is 0.504 e. The van der Waals surface area contributed by atoms with Crippen molar-refractivity contribution in [2.75, 3.05) is 6.61 Å². The topological polar surface area (TPSA) is 92.8 Å². The summed E-state index contributed by atoms with van der Waals surface area (Å²) in [6.07, 6.45) is -2.30. The van der Waals surface area contributed by atoms with E-state index in [1.807, 2.05) is 0 Å². The first-order valence-corrected chi connectivity index (χ1v) is 5.09. The Morgan fingerprint density at radius 3 is 2.88 bits per heavy atom. The van der Waals surface area contributed by atoms with Gasteiger partial charge >= 0.3 is 5.97 Å². The van der Waals surface area contributed by atoms with Crippen LogP contribution in [0.25, 0.3) is 0 Å². The molecule has 1 aromatic carbocycles. The van der Waals surface area contributed by atoms with Gasteiger partial charge in [-0.05, 0) is 24.1 Å². The van der Waals surface area contributed by atoms with E-state index in [9.17, 15) is 15.0 Å². The fourth-order valence-corrected chi connectivity index (χ4v) is 1.08. The van der Waals surface area contributed by atoms with Crippen molar-refractivity contribution >= 4 is 5.97 Å². The monoisotopic (exact) mass is 242 g/mol. The van der Waals surface area contributed by atoms with Crippen LogP contribution in [0.15, 0.2) is 18.2 Å². The second-order valence-corrected chi connectivity index (χ2v) is 3.37. The molecule has 0 bridgehead atoms. The van der Waals surface area contributed by atoms with Gasteiger partial charge < -0.3 is 20.7 Å². The molecule has 1 rings (SSSR count). The van der Waals surface area contributed by atoms with Crippen molar-refractivity contribution < 1.29 is 23.9 Å². The van der Waals surface area contributed by atoms with Crippen LogP contribution in [-0.2, 0) is 15.9 Å². The van der Waals surface area contributed by atoms with Gasteiger partial charge in [-0.2, -0.15) is 0 Å². The first-order chi connectivity index (χ1) is 9.11. The van der Waals surface area contributed by atoms with Crippen molar-refractivity contribution in [3.63, 3.8) is 0 Å². The molecule has 0 radical (unpaired) electrons. The molecule has 0 aliphatic rings. The fraction of sp³-hybridized carbons (Fsp3) is 0.417. The van der Waals surface area contributed by atoms with Gasteiger partial charge in [-0.15, -0.1) is 0 Å². The van der Waals surface area contributed by atoms with Crippen LogP contribution < -0.4 is 5.73 Å². The highest BCUT2D eigenvalue weighted by molar-refractivity contribution is 5.68. The molecule has 0 aliphatic heterocycles. The Bertz CT molecular complexity index is 505. The normalized spacial score (nSPS) is 17.4. The number of phenols is 2. The molecular weight excluding hydrogens is 222 g/mol. The number of nitrogens with two attached hydrogens (primary N) is 1. The zero-order valence-corrected chi connectivity index (χ0v) is 9.43. The number of carbonyl (C=O) groups excluding carboxylic acids is 1. The summed E-state index contributed by atoms with van der Waals surface area (Å²) in [7, 11) is 0. The number of phenolic OH excluding ortho intramolecular Hbond substituents is 2. The third-order valence-electron chi connectivity index (χ3n) is 1.96. The van der Waals surface area contributed by atoms with E-state index < -0.39 is 36.5 Å². The molecule has 4 N–H and O–H groups in total. The maximum absolute atomic E-state index is 11.1. The summed E-state index contributed by atoms with van der Waals surface area (Å²) in [6, 6.07) is 1.04. The van der Waals surface area contributed by atoms with E-state index in [2.05, 4.69) is 0 Å². The molecule has 0 unspecified atom stereocenters. The van der Waals surface area contributed by atoms with Crippen molar-refractivity contribution in [2.45, 2.75) is 25.7 Å². The van der Waals surface area contributed by atoms with Crippen LogP contribution >= 0.6 is 0 Å². The standard InChI is InChI=1S/C12H17NO4/c1-2-12(16)17-7-9(13)5-8-3-4-10(14)11(15)6-8/h3-4,6,9,14-15H,2,5,7,13H2,1H3/t9-/m1/s1/i5D2,9D. The van der Waals surface area contributed by atoms with Gasteiger partial charge in [0.15, 0.2) is 11.5 Å². The summed E-state index contributed by atoms with van der Waals surface area (Å²) >= 11 is 0. The number of rotatable bonds is 5. The average Bonchev–Trinajstić information content (AvgIpc) is 2.38. The van der Waals surface area contributed by atoms with Crippen molar-refractivity contribution in [1.29, 1.82) is 0 Å². The van der Waals surface area contributed by atoms with E-state index in [0.29, 0.717) is 0 Å². The molecule has 17 heavy (non-hydrogen) atoms. The van der Waals surface area contributed by atoms with Crippen molar-refractivity contribution in [3.8, 4) is 11.5 Å². The summed E-state index contributed by atoms with van der Waals surface area (Å²) in [6.45, 7) is 0.936. The minimum absolute atomic E-state index is 0.0963. The third-order valence-corrected chi connectivity index (χ3v) is 1.96. The van der Waals surface area contributed by atoms with Gasteiger partial charge in [-0.25, -0.2) is 0 Å².